The lowest BCUT2D eigenvalue weighted by molar-refractivity contribution is -0.112. The van der Waals surface area contributed by atoms with E-state index in [1.165, 1.54) is 0 Å². The van der Waals surface area contributed by atoms with Crippen molar-refractivity contribution in [3.05, 3.63) is 99.0 Å². The Bertz CT molecular complexity index is 1150. The fourth-order valence-electron chi connectivity index (χ4n) is 2.93. The number of aryl methyl sites for hydroxylation is 2. The molecular formula is C25H21BrN2O2. The quantitative estimate of drug-likeness (QED) is 0.352. The third-order valence-electron chi connectivity index (χ3n) is 4.51. The third kappa shape index (κ3) is 5.59. The van der Waals surface area contributed by atoms with E-state index >= 15 is 0 Å². The number of carbonyl (C=O) groups is 1. The molecule has 3 aromatic rings. The number of nitriles is 1. The van der Waals surface area contributed by atoms with E-state index in [1.807, 2.05) is 74.5 Å². The normalized spacial score (nSPS) is 10.9. The minimum atomic E-state index is -0.462. The maximum absolute atomic E-state index is 12.7. The summed E-state index contributed by atoms with van der Waals surface area (Å²) in [6, 6.07) is 23.0. The van der Waals surface area contributed by atoms with Crippen LogP contribution in [0, 0.1) is 25.2 Å². The minimum absolute atomic E-state index is 0.00300. The van der Waals surface area contributed by atoms with Crippen molar-refractivity contribution in [2.24, 2.45) is 0 Å². The monoisotopic (exact) mass is 460 g/mol. The number of carbonyl (C=O) groups excluding carboxylic acids is 1. The van der Waals surface area contributed by atoms with Crippen LogP contribution in [0.3, 0.4) is 0 Å². The summed E-state index contributed by atoms with van der Waals surface area (Å²) in [7, 11) is 0. The van der Waals surface area contributed by atoms with Gasteiger partial charge in [0.25, 0.3) is 5.91 Å². The first-order valence-corrected chi connectivity index (χ1v) is 10.2. The van der Waals surface area contributed by atoms with Crippen molar-refractivity contribution in [3.8, 4) is 11.8 Å². The van der Waals surface area contributed by atoms with Crippen molar-refractivity contribution in [2.75, 3.05) is 5.32 Å². The maximum atomic E-state index is 12.7. The molecule has 0 saturated heterocycles. The topological polar surface area (TPSA) is 62.1 Å². The van der Waals surface area contributed by atoms with Crippen molar-refractivity contribution in [1.82, 2.24) is 0 Å². The van der Waals surface area contributed by atoms with E-state index in [2.05, 4.69) is 27.3 Å². The van der Waals surface area contributed by atoms with Gasteiger partial charge in [0.15, 0.2) is 0 Å². The number of benzene rings is 3. The van der Waals surface area contributed by atoms with Crippen molar-refractivity contribution < 1.29 is 9.53 Å². The summed E-state index contributed by atoms with van der Waals surface area (Å²) in [5, 5.41) is 12.4. The highest BCUT2D eigenvalue weighted by atomic mass is 79.9. The Labute approximate surface area is 184 Å². The van der Waals surface area contributed by atoms with E-state index in [0.29, 0.717) is 23.6 Å². The Morgan fingerprint density at radius 2 is 1.90 bits per heavy atom. The average molecular weight is 461 g/mol. The summed E-state index contributed by atoms with van der Waals surface area (Å²) in [5.41, 5.74) is 4.45. The number of para-hydroxylation sites is 1. The Balaban J connectivity index is 1.84. The molecule has 4 nitrogen and oxygen atoms in total. The van der Waals surface area contributed by atoms with Gasteiger partial charge < -0.3 is 10.1 Å². The first-order chi connectivity index (χ1) is 14.5. The lowest BCUT2D eigenvalue weighted by atomic mass is 10.1. The number of halogens is 1. The number of amides is 1. The molecule has 150 valence electrons. The molecule has 0 heterocycles. The number of hydrogen-bond acceptors (Lipinski definition) is 3. The van der Waals surface area contributed by atoms with Crippen LogP contribution in [0.5, 0.6) is 5.75 Å². The van der Waals surface area contributed by atoms with Gasteiger partial charge in [0.2, 0.25) is 0 Å². The molecule has 0 aromatic heterocycles. The fraction of sp³-hybridized carbons (Fsp3) is 0.120. The van der Waals surface area contributed by atoms with Gasteiger partial charge in [-0.05, 0) is 55.3 Å². The molecule has 5 heteroatoms. The Morgan fingerprint density at radius 3 is 2.63 bits per heavy atom. The van der Waals surface area contributed by atoms with E-state index < -0.39 is 5.91 Å². The molecule has 30 heavy (non-hydrogen) atoms. The number of nitrogens with zero attached hydrogens (tertiary/aromatic N) is 1. The summed E-state index contributed by atoms with van der Waals surface area (Å²) >= 11 is 3.45. The number of hydrogen-bond donors (Lipinski definition) is 1. The maximum Gasteiger partial charge on any atom is 0.266 e. The van der Waals surface area contributed by atoms with E-state index in [0.717, 1.165) is 21.2 Å². The molecule has 0 saturated carbocycles. The average Bonchev–Trinajstić information content (AvgIpc) is 2.73. The van der Waals surface area contributed by atoms with Crippen LogP contribution in [0.1, 0.15) is 22.3 Å². The number of rotatable bonds is 6. The standard InChI is InChI=1S/C25H21BrN2O2/c1-17-6-5-8-19(12-17)16-30-24-11-10-22(26)14-20(24)13-21(15-27)25(29)28-23-9-4-3-7-18(23)2/h3-14H,16H2,1-2H3,(H,28,29)/b21-13+. The van der Waals surface area contributed by atoms with Crippen LogP contribution in [0.15, 0.2) is 76.8 Å². The van der Waals surface area contributed by atoms with Gasteiger partial charge >= 0.3 is 0 Å². The van der Waals surface area contributed by atoms with Gasteiger partial charge in [-0.2, -0.15) is 5.26 Å². The highest BCUT2D eigenvalue weighted by Crippen LogP contribution is 2.27. The zero-order valence-electron chi connectivity index (χ0n) is 16.8. The number of nitrogens with one attached hydrogen (secondary N) is 1. The molecule has 0 fully saturated rings. The Morgan fingerprint density at radius 1 is 1.10 bits per heavy atom. The van der Waals surface area contributed by atoms with Gasteiger partial charge in [0, 0.05) is 15.7 Å². The molecule has 0 bridgehead atoms. The van der Waals surface area contributed by atoms with E-state index in [9.17, 15) is 10.1 Å². The molecule has 1 N–H and O–H groups in total. The van der Waals surface area contributed by atoms with Crippen molar-refractivity contribution in [3.63, 3.8) is 0 Å². The predicted octanol–water partition coefficient (Wildman–Crippen LogP) is 6.19. The van der Waals surface area contributed by atoms with Crippen molar-refractivity contribution >= 4 is 33.6 Å². The fourth-order valence-corrected chi connectivity index (χ4v) is 3.31. The molecule has 0 atom stereocenters. The minimum Gasteiger partial charge on any atom is -0.488 e. The van der Waals surface area contributed by atoms with Gasteiger partial charge in [-0.3, -0.25) is 4.79 Å². The van der Waals surface area contributed by atoms with Gasteiger partial charge in [0.05, 0.1) is 0 Å². The van der Waals surface area contributed by atoms with Crippen LogP contribution >= 0.6 is 15.9 Å². The number of ether oxygens (including phenoxy) is 1. The molecule has 3 aromatic carbocycles. The zero-order chi connectivity index (χ0) is 21.5. The van der Waals surface area contributed by atoms with E-state index in [4.69, 9.17) is 4.74 Å². The summed E-state index contributed by atoms with van der Waals surface area (Å²) in [5.74, 6) is 0.132. The molecule has 0 aliphatic rings. The molecule has 1 amide bonds. The molecule has 0 aliphatic carbocycles. The highest BCUT2D eigenvalue weighted by molar-refractivity contribution is 9.10. The molecule has 0 spiro atoms. The summed E-state index contributed by atoms with van der Waals surface area (Å²) in [6.07, 6.45) is 1.55. The first kappa shape index (κ1) is 21.4. The van der Waals surface area contributed by atoms with Gasteiger partial charge in [-0.15, -0.1) is 0 Å². The van der Waals surface area contributed by atoms with Gasteiger partial charge in [0.1, 0.15) is 24.0 Å². The van der Waals surface area contributed by atoms with Crippen molar-refractivity contribution in [1.29, 1.82) is 5.26 Å². The molecular weight excluding hydrogens is 440 g/mol. The second kappa shape index (κ2) is 9.91. The largest absolute Gasteiger partial charge is 0.488 e. The second-order valence-electron chi connectivity index (χ2n) is 6.90. The number of anilines is 1. The van der Waals surface area contributed by atoms with Crippen LogP contribution in [0.25, 0.3) is 6.08 Å². The van der Waals surface area contributed by atoms with Crippen molar-refractivity contribution in [2.45, 2.75) is 20.5 Å². The first-order valence-electron chi connectivity index (χ1n) is 9.43. The summed E-state index contributed by atoms with van der Waals surface area (Å²) in [4.78, 5) is 12.7. The Hall–Kier alpha value is -3.36. The van der Waals surface area contributed by atoms with Crippen LogP contribution in [-0.2, 0) is 11.4 Å². The lowest BCUT2D eigenvalue weighted by Crippen LogP contribution is -2.14. The smallest absolute Gasteiger partial charge is 0.266 e. The van der Waals surface area contributed by atoms with Crippen LogP contribution in [0.4, 0.5) is 5.69 Å². The summed E-state index contributed by atoms with van der Waals surface area (Å²) in [6.45, 7) is 4.32. The molecule has 0 radical (unpaired) electrons. The molecule has 0 unspecified atom stereocenters. The van der Waals surface area contributed by atoms with Gasteiger partial charge in [-0.1, -0.05) is 64.0 Å². The van der Waals surface area contributed by atoms with E-state index in [-0.39, 0.29) is 5.57 Å². The SMILES string of the molecule is Cc1cccc(COc2ccc(Br)cc2/C=C(\C#N)C(=O)Nc2ccccc2C)c1. The van der Waals surface area contributed by atoms with Gasteiger partial charge in [-0.25, -0.2) is 0 Å². The van der Waals surface area contributed by atoms with Crippen LogP contribution in [0.2, 0.25) is 0 Å². The van der Waals surface area contributed by atoms with E-state index in [1.54, 1.807) is 12.1 Å². The highest BCUT2D eigenvalue weighted by Gasteiger charge is 2.13. The zero-order valence-corrected chi connectivity index (χ0v) is 18.4. The third-order valence-corrected chi connectivity index (χ3v) is 5.00. The lowest BCUT2D eigenvalue weighted by Gasteiger charge is -2.11. The van der Waals surface area contributed by atoms with Crippen LogP contribution < -0.4 is 10.1 Å². The molecule has 0 aliphatic heterocycles. The Kier molecular flexibility index (Phi) is 7.05. The summed E-state index contributed by atoms with van der Waals surface area (Å²) < 4.78 is 6.82. The van der Waals surface area contributed by atoms with Crippen LogP contribution in [-0.4, -0.2) is 5.91 Å². The second-order valence-corrected chi connectivity index (χ2v) is 7.81. The predicted molar refractivity (Wildman–Crippen MR) is 123 cm³/mol. The molecule has 3 rings (SSSR count).